The molecule has 0 bridgehead atoms. The average Bonchev–Trinajstić information content (AvgIpc) is 2.92. The van der Waals surface area contributed by atoms with Gasteiger partial charge in [-0.1, -0.05) is 137 Å². The summed E-state index contributed by atoms with van der Waals surface area (Å²) in [6.07, 6.45) is 1.09. The number of aryl methyl sites for hydroxylation is 2. The molecule has 0 radical (unpaired) electrons. The lowest BCUT2D eigenvalue weighted by Gasteiger charge is -2.20. The molecular formula is C34H42O. The number of hydrogen-bond acceptors (Lipinski definition) is 1. The normalized spacial score (nSPS) is 11.8. The zero-order valence-electron chi connectivity index (χ0n) is 22.4. The molecule has 184 valence electrons. The van der Waals surface area contributed by atoms with Crippen molar-refractivity contribution >= 4 is 0 Å². The molecule has 0 aromatic heterocycles. The van der Waals surface area contributed by atoms with E-state index in [1.165, 1.54) is 33.4 Å². The van der Waals surface area contributed by atoms with Crippen LogP contribution in [0.3, 0.4) is 0 Å². The van der Waals surface area contributed by atoms with Crippen LogP contribution in [0.15, 0.2) is 109 Å². The molecule has 1 heteroatoms. The summed E-state index contributed by atoms with van der Waals surface area (Å²) in [5, 5.41) is 0. The molecule has 4 rings (SSSR count). The highest BCUT2D eigenvalue weighted by atomic mass is 16.5. The highest BCUT2D eigenvalue weighted by molar-refractivity contribution is 5.37. The van der Waals surface area contributed by atoms with Crippen LogP contribution in [0.5, 0.6) is 0 Å². The van der Waals surface area contributed by atoms with Gasteiger partial charge in [-0.15, -0.1) is 0 Å². The quantitative estimate of drug-likeness (QED) is 0.263. The van der Waals surface area contributed by atoms with Crippen LogP contribution >= 0.6 is 0 Å². The van der Waals surface area contributed by atoms with E-state index in [-0.39, 0.29) is 6.10 Å². The van der Waals surface area contributed by atoms with Crippen LogP contribution < -0.4 is 0 Å². The summed E-state index contributed by atoms with van der Waals surface area (Å²) in [4.78, 5) is 0. The number of rotatable bonds is 7. The van der Waals surface area contributed by atoms with Crippen molar-refractivity contribution in [3.05, 3.63) is 143 Å². The zero-order chi connectivity index (χ0) is 25.5. The number of ether oxygens (including phenoxy) is 1. The molecule has 2 atom stereocenters. The van der Waals surface area contributed by atoms with E-state index in [9.17, 15) is 0 Å². The van der Waals surface area contributed by atoms with Gasteiger partial charge in [-0.2, -0.15) is 0 Å². The lowest BCUT2D eigenvalue weighted by Crippen LogP contribution is -2.08. The Labute approximate surface area is 213 Å². The third kappa shape index (κ3) is 8.53. The summed E-state index contributed by atoms with van der Waals surface area (Å²) in [6.45, 7) is 13.5. The lowest BCUT2D eigenvalue weighted by molar-refractivity contribution is 0.0802. The standard InChI is InChI=1S/C17H20O.C15H16.C2H6/c1-3-13-18-17(15-10-5-4-6-11-15)16-12-8-7-9-14(16)2;1-12-8-6-7-11-15(12)13(2)14-9-4-3-5-10-14;1-2/h4-12,17H,3,13H2,1-2H3;3-11,13H,1-2H3;1-2H3. The molecule has 4 aromatic rings. The van der Waals surface area contributed by atoms with Gasteiger partial charge in [0.15, 0.2) is 0 Å². The summed E-state index contributed by atoms with van der Waals surface area (Å²) < 4.78 is 6.04. The molecule has 0 aliphatic rings. The molecule has 0 aliphatic heterocycles. The van der Waals surface area contributed by atoms with Crippen molar-refractivity contribution in [3.8, 4) is 0 Å². The van der Waals surface area contributed by atoms with E-state index < -0.39 is 0 Å². The molecule has 2 unspecified atom stereocenters. The van der Waals surface area contributed by atoms with Crippen LogP contribution in [0.4, 0.5) is 0 Å². The fourth-order valence-electron chi connectivity index (χ4n) is 4.10. The number of benzene rings is 4. The monoisotopic (exact) mass is 466 g/mol. The maximum absolute atomic E-state index is 6.04. The van der Waals surface area contributed by atoms with Gasteiger partial charge in [0.05, 0.1) is 0 Å². The molecule has 0 N–H and O–H groups in total. The van der Waals surface area contributed by atoms with Gasteiger partial charge in [-0.05, 0) is 53.6 Å². The second-order valence-corrected chi connectivity index (χ2v) is 8.51. The Morgan fingerprint density at radius 3 is 1.49 bits per heavy atom. The van der Waals surface area contributed by atoms with Crippen LogP contribution in [0.2, 0.25) is 0 Å². The third-order valence-corrected chi connectivity index (χ3v) is 6.02. The van der Waals surface area contributed by atoms with E-state index in [1.807, 2.05) is 19.9 Å². The number of hydrogen-bond donors (Lipinski definition) is 0. The Kier molecular flexibility index (Phi) is 12.6. The Balaban J connectivity index is 0.000000234. The highest BCUT2D eigenvalue weighted by Crippen LogP contribution is 2.28. The summed E-state index contributed by atoms with van der Waals surface area (Å²) >= 11 is 0. The molecule has 35 heavy (non-hydrogen) atoms. The Bertz CT molecular complexity index is 1090. The van der Waals surface area contributed by atoms with Gasteiger partial charge in [0.25, 0.3) is 0 Å². The fraction of sp³-hybridized carbons (Fsp3) is 0.294. The lowest BCUT2D eigenvalue weighted by atomic mass is 9.90. The zero-order valence-corrected chi connectivity index (χ0v) is 22.4. The topological polar surface area (TPSA) is 9.23 Å². The Hall–Kier alpha value is -3.16. The first-order valence-electron chi connectivity index (χ1n) is 12.9. The molecule has 4 aromatic carbocycles. The van der Waals surface area contributed by atoms with Crippen molar-refractivity contribution in [3.63, 3.8) is 0 Å². The van der Waals surface area contributed by atoms with E-state index in [0.717, 1.165) is 13.0 Å². The van der Waals surface area contributed by atoms with Gasteiger partial charge in [0, 0.05) is 12.5 Å². The molecule has 0 spiro atoms. The smallest absolute Gasteiger partial charge is 0.108 e. The Morgan fingerprint density at radius 1 is 0.571 bits per heavy atom. The first-order valence-corrected chi connectivity index (χ1v) is 12.9. The third-order valence-electron chi connectivity index (χ3n) is 6.02. The van der Waals surface area contributed by atoms with Gasteiger partial charge in [0.2, 0.25) is 0 Å². The van der Waals surface area contributed by atoms with Crippen LogP contribution in [0.25, 0.3) is 0 Å². The molecule has 0 fully saturated rings. The van der Waals surface area contributed by atoms with Crippen LogP contribution in [0.1, 0.15) is 79.5 Å². The molecule has 0 aliphatic carbocycles. The van der Waals surface area contributed by atoms with Crippen LogP contribution in [-0.2, 0) is 4.74 Å². The fourth-order valence-corrected chi connectivity index (χ4v) is 4.10. The van der Waals surface area contributed by atoms with E-state index >= 15 is 0 Å². The minimum atomic E-state index is 0.0485. The van der Waals surface area contributed by atoms with Crippen molar-refractivity contribution < 1.29 is 4.74 Å². The van der Waals surface area contributed by atoms with Gasteiger partial charge in [-0.3, -0.25) is 0 Å². The summed E-state index contributed by atoms with van der Waals surface area (Å²) in [5.74, 6) is 0.479. The van der Waals surface area contributed by atoms with Gasteiger partial charge >= 0.3 is 0 Å². The highest BCUT2D eigenvalue weighted by Gasteiger charge is 2.15. The second kappa shape index (κ2) is 15.7. The average molecular weight is 467 g/mol. The second-order valence-electron chi connectivity index (χ2n) is 8.51. The van der Waals surface area contributed by atoms with Crippen LogP contribution in [-0.4, -0.2) is 6.61 Å². The van der Waals surface area contributed by atoms with E-state index in [4.69, 9.17) is 4.74 Å². The molecular weight excluding hydrogens is 424 g/mol. The summed E-state index contributed by atoms with van der Waals surface area (Å²) in [7, 11) is 0. The Morgan fingerprint density at radius 2 is 1.00 bits per heavy atom. The van der Waals surface area contributed by atoms with Crippen LogP contribution in [0, 0.1) is 13.8 Å². The first kappa shape index (κ1) is 28.1. The van der Waals surface area contributed by atoms with E-state index in [0.29, 0.717) is 5.92 Å². The van der Waals surface area contributed by atoms with Crippen molar-refractivity contribution in [2.45, 2.75) is 60.0 Å². The van der Waals surface area contributed by atoms with Crippen molar-refractivity contribution in [2.24, 2.45) is 0 Å². The minimum Gasteiger partial charge on any atom is -0.369 e. The molecule has 1 nitrogen and oxygen atoms in total. The van der Waals surface area contributed by atoms with Crippen molar-refractivity contribution in [1.82, 2.24) is 0 Å². The van der Waals surface area contributed by atoms with E-state index in [1.54, 1.807) is 0 Å². The largest absolute Gasteiger partial charge is 0.369 e. The summed E-state index contributed by atoms with van der Waals surface area (Å²) in [6, 6.07) is 38.1. The maximum Gasteiger partial charge on any atom is 0.108 e. The predicted molar refractivity (Wildman–Crippen MR) is 152 cm³/mol. The van der Waals surface area contributed by atoms with Gasteiger partial charge < -0.3 is 4.74 Å². The molecule has 0 saturated heterocycles. The summed E-state index contributed by atoms with van der Waals surface area (Å²) in [5.41, 5.74) is 7.93. The van der Waals surface area contributed by atoms with Crippen molar-refractivity contribution in [1.29, 1.82) is 0 Å². The molecule has 0 heterocycles. The van der Waals surface area contributed by atoms with Gasteiger partial charge in [-0.25, -0.2) is 0 Å². The van der Waals surface area contributed by atoms with E-state index in [2.05, 4.69) is 131 Å². The SMILES string of the molecule is CC.CCCOC(c1ccccc1)c1ccccc1C.Cc1ccccc1C(C)c1ccccc1. The molecule has 0 amide bonds. The van der Waals surface area contributed by atoms with Gasteiger partial charge in [0.1, 0.15) is 6.10 Å². The minimum absolute atomic E-state index is 0.0485. The maximum atomic E-state index is 6.04. The molecule has 0 saturated carbocycles. The first-order chi connectivity index (χ1) is 17.1. The van der Waals surface area contributed by atoms with Crippen molar-refractivity contribution in [2.75, 3.05) is 6.61 Å². The predicted octanol–water partition coefficient (Wildman–Crippen LogP) is 9.68.